The fourth-order valence-electron chi connectivity index (χ4n) is 0.645. The van der Waals surface area contributed by atoms with Crippen LogP contribution in [0.25, 0.3) is 0 Å². The molecule has 1 heterocycles. The average molecular weight is 186 g/mol. The van der Waals surface area contributed by atoms with Gasteiger partial charge >= 0.3 is 6.03 Å². The Morgan fingerprint density at radius 2 is 2.46 bits per heavy atom. The number of aromatic amines is 1. The van der Waals surface area contributed by atoms with Crippen LogP contribution in [0.3, 0.4) is 0 Å². The molecule has 8 nitrogen and oxygen atoms in total. The van der Waals surface area contributed by atoms with Gasteiger partial charge in [0.1, 0.15) is 0 Å². The number of urea groups is 1. The van der Waals surface area contributed by atoms with Crippen LogP contribution in [0, 0.1) is 0 Å². The molecule has 13 heavy (non-hydrogen) atoms. The van der Waals surface area contributed by atoms with Gasteiger partial charge in [-0.3, -0.25) is 5.32 Å². The molecule has 1 aromatic rings. The zero-order valence-corrected chi connectivity index (χ0v) is 6.82. The van der Waals surface area contributed by atoms with E-state index in [2.05, 4.69) is 31.3 Å². The van der Waals surface area contributed by atoms with Gasteiger partial charge < -0.3 is 10.4 Å². The highest BCUT2D eigenvalue weighted by Crippen LogP contribution is 1.88. The maximum atomic E-state index is 11.0. The van der Waals surface area contributed by atoms with Gasteiger partial charge in [-0.1, -0.05) is 5.10 Å². The molecule has 0 atom stereocenters. The van der Waals surface area contributed by atoms with Crippen LogP contribution in [0.1, 0.15) is 6.42 Å². The fraction of sp³-hybridized carbons (Fsp3) is 0.600. The number of nitrogens with one attached hydrogen (secondary N) is 3. The molecular formula is C5H10N6O2. The molecule has 4 N–H and O–H groups in total. The highest BCUT2D eigenvalue weighted by atomic mass is 16.3. The number of aliphatic hydroxyl groups is 1. The molecule has 0 radical (unpaired) electrons. The molecule has 1 rings (SSSR count). The van der Waals surface area contributed by atoms with Crippen LogP contribution in [0.5, 0.6) is 0 Å². The number of carbonyl (C=O) groups is 1. The quantitative estimate of drug-likeness (QED) is 0.436. The SMILES string of the molecule is O=C(NCCCO)Nc1nnn[nH]1. The Hall–Kier alpha value is -1.70. The lowest BCUT2D eigenvalue weighted by molar-refractivity contribution is 0.248. The Morgan fingerprint density at radius 3 is 3.08 bits per heavy atom. The predicted molar refractivity (Wildman–Crippen MR) is 42.9 cm³/mol. The second-order valence-electron chi connectivity index (χ2n) is 2.21. The number of nitrogens with zero attached hydrogens (tertiary/aromatic N) is 3. The standard InChI is InChI=1S/C5H10N6O2/c12-3-1-2-6-5(13)7-4-8-10-11-9-4/h12H,1-3H2,(H3,6,7,8,9,10,11,13). The average Bonchev–Trinajstić information content (AvgIpc) is 2.57. The third-order valence-electron chi connectivity index (χ3n) is 1.20. The van der Waals surface area contributed by atoms with Gasteiger partial charge in [-0.05, 0) is 16.8 Å². The van der Waals surface area contributed by atoms with Gasteiger partial charge in [0, 0.05) is 13.2 Å². The molecule has 1 aromatic heterocycles. The number of carbonyl (C=O) groups excluding carboxylic acids is 1. The van der Waals surface area contributed by atoms with Crippen molar-refractivity contribution in [1.82, 2.24) is 25.9 Å². The summed E-state index contributed by atoms with van der Waals surface area (Å²) in [6.07, 6.45) is 0.516. The first-order valence-electron chi connectivity index (χ1n) is 3.72. The summed E-state index contributed by atoms with van der Waals surface area (Å²) in [4.78, 5) is 11.0. The van der Waals surface area contributed by atoms with Gasteiger partial charge in [-0.2, -0.15) is 0 Å². The summed E-state index contributed by atoms with van der Waals surface area (Å²) in [5.41, 5.74) is 0. The molecule has 0 spiro atoms. The number of aromatic nitrogens is 4. The van der Waals surface area contributed by atoms with Crippen molar-refractivity contribution in [3.63, 3.8) is 0 Å². The Kier molecular flexibility index (Phi) is 3.64. The number of hydrogen-bond acceptors (Lipinski definition) is 5. The molecule has 2 amide bonds. The van der Waals surface area contributed by atoms with E-state index in [1.54, 1.807) is 0 Å². The minimum atomic E-state index is -0.410. The third kappa shape index (κ3) is 3.47. The minimum Gasteiger partial charge on any atom is -0.396 e. The van der Waals surface area contributed by atoms with Gasteiger partial charge in [0.2, 0.25) is 5.95 Å². The first kappa shape index (κ1) is 9.39. The summed E-state index contributed by atoms with van der Waals surface area (Å²) < 4.78 is 0. The number of anilines is 1. The maximum absolute atomic E-state index is 11.0. The third-order valence-corrected chi connectivity index (χ3v) is 1.20. The zero-order chi connectivity index (χ0) is 9.52. The summed E-state index contributed by atoms with van der Waals surface area (Å²) in [7, 11) is 0. The lowest BCUT2D eigenvalue weighted by Gasteiger charge is -2.02. The van der Waals surface area contributed by atoms with E-state index in [9.17, 15) is 4.79 Å². The van der Waals surface area contributed by atoms with Gasteiger partial charge in [0.25, 0.3) is 0 Å². The topological polar surface area (TPSA) is 116 Å². The summed E-state index contributed by atoms with van der Waals surface area (Å²) in [6.45, 7) is 0.452. The van der Waals surface area contributed by atoms with Crippen molar-refractivity contribution in [1.29, 1.82) is 0 Å². The van der Waals surface area contributed by atoms with Gasteiger partial charge in [0.05, 0.1) is 0 Å². The largest absolute Gasteiger partial charge is 0.396 e. The molecule has 0 saturated carbocycles. The van der Waals surface area contributed by atoms with Crippen LogP contribution < -0.4 is 10.6 Å². The summed E-state index contributed by atoms with van der Waals surface area (Å²) in [5, 5.41) is 25.6. The normalized spacial score (nSPS) is 9.62. The van der Waals surface area contributed by atoms with E-state index in [-0.39, 0.29) is 12.6 Å². The second-order valence-corrected chi connectivity index (χ2v) is 2.21. The molecule has 72 valence electrons. The smallest absolute Gasteiger partial charge is 0.321 e. The first-order chi connectivity index (χ1) is 6.33. The lowest BCUT2D eigenvalue weighted by Crippen LogP contribution is -2.30. The molecule has 0 aliphatic carbocycles. The Morgan fingerprint density at radius 1 is 1.62 bits per heavy atom. The number of amides is 2. The van der Waals surface area contributed by atoms with Crippen LogP contribution in [-0.4, -0.2) is 44.9 Å². The molecule has 0 fully saturated rings. The van der Waals surface area contributed by atoms with Crippen LogP contribution in [-0.2, 0) is 0 Å². The minimum absolute atomic E-state index is 0.0458. The molecule has 0 aliphatic heterocycles. The van der Waals surface area contributed by atoms with Crippen LogP contribution in [0.4, 0.5) is 10.7 Å². The zero-order valence-electron chi connectivity index (χ0n) is 6.82. The van der Waals surface area contributed by atoms with Gasteiger partial charge in [0.15, 0.2) is 0 Å². The molecule has 0 bridgehead atoms. The van der Waals surface area contributed by atoms with Gasteiger partial charge in [-0.25, -0.2) is 9.89 Å². The van der Waals surface area contributed by atoms with Crippen molar-refractivity contribution in [2.75, 3.05) is 18.5 Å². The predicted octanol–water partition coefficient (Wildman–Crippen LogP) is -1.30. The molecule has 0 aliphatic rings. The number of tetrazole rings is 1. The summed E-state index contributed by atoms with van der Waals surface area (Å²) in [6, 6.07) is -0.410. The fourth-order valence-corrected chi connectivity index (χ4v) is 0.645. The van der Waals surface area contributed by atoms with Crippen molar-refractivity contribution >= 4 is 12.0 Å². The summed E-state index contributed by atoms with van der Waals surface area (Å²) in [5.74, 6) is 0.182. The van der Waals surface area contributed by atoms with E-state index < -0.39 is 6.03 Å². The Bertz CT molecular complexity index is 248. The molecular weight excluding hydrogens is 176 g/mol. The molecule has 0 aromatic carbocycles. The number of aliphatic hydroxyl groups excluding tert-OH is 1. The van der Waals surface area contributed by atoms with Crippen LogP contribution in [0.15, 0.2) is 0 Å². The van der Waals surface area contributed by atoms with Crippen molar-refractivity contribution in [2.45, 2.75) is 6.42 Å². The summed E-state index contributed by atoms with van der Waals surface area (Å²) >= 11 is 0. The maximum Gasteiger partial charge on any atom is 0.321 e. The van der Waals surface area contributed by atoms with E-state index in [1.165, 1.54) is 0 Å². The van der Waals surface area contributed by atoms with Crippen LogP contribution in [0.2, 0.25) is 0 Å². The molecule has 8 heteroatoms. The van der Waals surface area contributed by atoms with Crippen molar-refractivity contribution in [3.8, 4) is 0 Å². The van der Waals surface area contributed by atoms with Gasteiger partial charge in [-0.15, -0.1) is 0 Å². The van der Waals surface area contributed by atoms with E-state index in [0.29, 0.717) is 13.0 Å². The second kappa shape index (κ2) is 5.04. The van der Waals surface area contributed by atoms with E-state index in [4.69, 9.17) is 5.11 Å². The first-order valence-corrected chi connectivity index (χ1v) is 3.72. The Labute approximate surface area is 73.7 Å². The lowest BCUT2D eigenvalue weighted by atomic mass is 10.4. The van der Waals surface area contributed by atoms with Crippen LogP contribution >= 0.6 is 0 Å². The number of H-pyrrole nitrogens is 1. The monoisotopic (exact) mass is 186 g/mol. The van der Waals surface area contributed by atoms with Crippen molar-refractivity contribution < 1.29 is 9.90 Å². The Balaban J connectivity index is 2.18. The molecule has 0 saturated heterocycles. The number of hydrogen-bond donors (Lipinski definition) is 4. The number of rotatable bonds is 4. The van der Waals surface area contributed by atoms with Crippen molar-refractivity contribution in [3.05, 3.63) is 0 Å². The van der Waals surface area contributed by atoms with E-state index >= 15 is 0 Å². The highest BCUT2D eigenvalue weighted by Gasteiger charge is 2.02. The highest BCUT2D eigenvalue weighted by molar-refractivity contribution is 5.87. The van der Waals surface area contributed by atoms with E-state index in [0.717, 1.165) is 0 Å². The van der Waals surface area contributed by atoms with Crippen molar-refractivity contribution in [2.24, 2.45) is 0 Å². The van der Waals surface area contributed by atoms with E-state index in [1.807, 2.05) is 0 Å². The molecule has 0 unspecified atom stereocenters.